The minimum atomic E-state index is -0.962. The normalized spacial score (nSPS) is 12.3. The van der Waals surface area contributed by atoms with Crippen LogP contribution in [0.3, 0.4) is 0 Å². The lowest BCUT2D eigenvalue weighted by atomic mass is 10.1. The Hall–Kier alpha value is -4.28. The quantitative estimate of drug-likeness (QED) is 0.189. The van der Waals surface area contributed by atoms with Crippen molar-refractivity contribution in [3.05, 3.63) is 87.9 Å². The number of nitrogens with zero attached hydrogens (tertiary/aromatic N) is 1. The van der Waals surface area contributed by atoms with Gasteiger partial charge in [-0.3, -0.25) is 14.4 Å². The molecule has 12 heteroatoms. The highest BCUT2D eigenvalue weighted by Crippen LogP contribution is 2.29. The maximum absolute atomic E-state index is 13.1. The summed E-state index contributed by atoms with van der Waals surface area (Å²) in [4.78, 5) is 37.1. The zero-order valence-electron chi connectivity index (χ0n) is 22.4. The van der Waals surface area contributed by atoms with Gasteiger partial charge in [0.05, 0.1) is 17.8 Å². The molecule has 0 radical (unpaired) electrons. The Kier molecular flexibility index (Phi) is 11.8. The lowest BCUT2D eigenvalue weighted by molar-refractivity contribution is -0.132. The van der Waals surface area contributed by atoms with Crippen LogP contribution in [0.1, 0.15) is 25.0 Å². The largest absolute Gasteiger partial charge is 0.490 e. The number of ether oxygens (including phenoxy) is 3. The molecule has 4 N–H and O–H groups in total. The molecular weight excluding hydrogens is 571 g/mol. The molecule has 0 aromatic heterocycles. The summed E-state index contributed by atoms with van der Waals surface area (Å²) >= 11 is 12.1. The van der Waals surface area contributed by atoms with E-state index in [9.17, 15) is 14.4 Å². The van der Waals surface area contributed by atoms with Gasteiger partial charge in [0, 0.05) is 11.4 Å². The number of hydrazone groups is 1. The van der Waals surface area contributed by atoms with Crippen molar-refractivity contribution in [2.45, 2.75) is 32.4 Å². The Labute approximate surface area is 247 Å². The maximum atomic E-state index is 13.1. The summed E-state index contributed by atoms with van der Waals surface area (Å²) in [5.41, 5.74) is 9.04. The molecule has 3 amide bonds. The Morgan fingerprint density at radius 3 is 2.37 bits per heavy atom. The second-order valence-corrected chi connectivity index (χ2v) is 9.56. The highest BCUT2D eigenvalue weighted by Gasteiger charge is 2.25. The number of halogens is 2. The fourth-order valence-corrected chi connectivity index (χ4v) is 4.01. The van der Waals surface area contributed by atoms with Gasteiger partial charge in [-0.1, -0.05) is 53.5 Å². The van der Waals surface area contributed by atoms with Crippen LogP contribution in [0.5, 0.6) is 17.2 Å². The van der Waals surface area contributed by atoms with Crippen molar-refractivity contribution in [2.75, 3.05) is 13.2 Å². The van der Waals surface area contributed by atoms with Gasteiger partial charge < -0.3 is 25.3 Å². The standard InChI is InChI=1S/C29H30Cl2N4O6/c1-3-39-26-14-20(9-11-25(26)40-17-27(32)36)16-33-35-29(38)23(13-19-7-5-4-6-8-19)34-28(37)18(2)41-24-12-10-21(30)15-22(24)31/h4-12,14-16,18,23H,3,13,17H2,1-2H3,(H2,32,36)(H,34,37)(H,35,38)/b33-16-/t18-,23-/m1/s1. The van der Waals surface area contributed by atoms with Crippen LogP contribution >= 0.6 is 23.2 Å². The summed E-state index contributed by atoms with van der Waals surface area (Å²) in [7, 11) is 0. The summed E-state index contributed by atoms with van der Waals surface area (Å²) in [6.07, 6.45) is 0.659. The van der Waals surface area contributed by atoms with Gasteiger partial charge in [-0.15, -0.1) is 0 Å². The lowest BCUT2D eigenvalue weighted by Gasteiger charge is -2.21. The van der Waals surface area contributed by atoms with E-state index in [-0.39, 0.29) is 23.8 Å². The Balaban J connectivity index is 1.70. The van der Waals surface area contributed by atoms with Crippen LogP contribution in [0.25, 0.3) is 0 Å². The molecule has 0 aliphatic carbocycles. The van der Waals surface area contributed by atoms with Crippen LogP contribution in [-0.4, -0.2) is 49.3 Å². The van der Waals surface area contributed by atoms with E-state index in [1.807, 2.05) is 30.3 Å². The first-order valence-corrected chi connectivity index (χ1v) is 13.4. The fraction of sp³-hybridized carbons (Fsp3) is 0.241. The summed E-state index contributed by atoms with van der Waals surface area (Å²) in [5.74, 6) is -0.676. The third-order valence-corrected chi connectivity index (χ3v) is 6.04. The predicted octanol–water partition coefficient (Wildman–Crippen LogP) is 3.90. The number of nitrogens with one attached hydrogen (secondary N) is 2. The Bertz CT molecular complexity index is 1390. The van der Waals surface area contributed by atoms with Gasteiger partial charge in [0.25, 0.3) is 17.7 Å². The molecule has 0 saturated heterocycles. The fourth-order valence-electron chi connectivity index (χ4n) is 3.55. The number of hydrogen-bond acceptors (Lipinski definition) is 7. The third-order valence-electron chi connectivity index (χ3n) is 5.51. The topological polar surface area (TPSA) is 141 Å². The first kappa shape index (κ1) is 31.3. The van der Waals surface area contributed by atoms with E-state index in [1.165, 1.54) is 12.3 Å². The van der Waals surface area contributed by atoms with E-state index < -0.39 is 29.9 Å². The minimum Gasteiger partial charge on any atom is -0.490 e. The molecule has 3 rings (SSSR count). The summed E-state index contributed by atoms with van der Waals surface area (Å²) < 4.78 is 16.6. The van der Waals surface area contributed by atoms with E-state index in [2.05, 4.69) is 15.8 Å². The second-order valence-electron chi connectivity index (χ2n) is 8.71. The molecule has 3 aromatic rings. The molecule has 216 valence electrons. The van der Waals surface area contributed by atoms with E-state index in [0.717, 1.165) is 5.56 Å². The number of benzene rings is 3. The summed E-state index contributed by atoms with van der Waals surface area (Å²) in [6.45, 7) is 3.41. The molecule has 0 bridgehead atoms. The first-order chi connectivity index (χ1) is 19.7. The predicted molar refractivity (Wildman–Crippen MR) is 157 cm³/mol. The Morgan fingerprint density at radius 2 is 1.68 bits per heavy atom. The molecule has 0 fully saturated rings. The van der Waals surface area contributed by atoms with E-state index in [0.29, 0.717) is 28.7 Å². The van der Waals surface area contributed by atoms with Crippen LogP contribution in [-0.2, 0) is 20.8 Å². The van der Waals surface area contributed by atoms with Gasteiger partial charge in [0.2, 0.25) is 0 Å². The third kappa shape index (κ3) is 10.0. The van der Waals surface area contributed by atoms with Crippen LogP contribution in [0.15, 0.2) is 71.8 Å². The molecule has 0 unspecified atom stereocenters. The van der Waals surface area contributed by atoms with Crippen molar-refractivity contribution >= 4 is 47.1 Å². The molecule has 0 aliphatic rings. The van der Waals surface area contributed by atoms with Gasteiger partial charge in [-0.2, -0.15) is 5.10 Å². The van der Waals surface area contributed by atoms with Gasteiger partial charge in [-0.05, 0) is 61.4 Å². The summed E-state index contributed by atoms with van der Waals surface area (Å²) in [6, 6.07) is 17.8. The molecule has 0 saturated carbocycles. The minimum absolute atomic E-state index is 0.211. The average Bonchev–Trinajstić information content (AvgIpc) is 2.94. The molecule has 2 atom stereocenters. The van der Waals surface area contributed by atoms with E-state index in [4.69, 9.17) is 43.1 Å². The van der Waals surface area contributed by atoms with Crippen molar-refractivity contribution in [3.63, 3.8) is 0 Å². The SMILES string of the molecule is CCOc1cc(/C=N\NC(=O)[C@@H](Cc2ccccc2)NC(=O)[C@@H](C)Oc2ccc(Cl)cc2Cl)ccc1OCC(N)=O. The van der Waals surface area contributed by atoms with Crippen LogP contribution in [0, 0.1) is 0 Å². The van der Waals surface area contributed by atoms with Crippen molar-refractivity contribution < 1.29 is 28.6 Å². The monoisotopic (exact) mass is 600 g/mol. The highest BCUT2D eigenvalue weighted by molar-refractivity contribution is 6.35. The second kappa shape index (κ2) is 15.5. The zero-order valence-corrected chi connectivity index (χ0v) is 23.9. The molecule has 41 heavy (non-hydrogen) atoms. The number of nitrogens with two attached hydrogens (primary N) is 1. The number of amides is 3. The molecule has 10 nitrogen and oxygen atoms in total. The van der Waals surface area contributed by atoms with Crippen molar-refractivity contribution in [1.82, 2.24) is 10.7 Å². The molecule has 0 spiro atoms. The average molecular weight is 601 g/mol. The van der Waals surface area contributed by atoms with Crippen LogP contribution in [0.4, 0.5) is 0 Å². The van der Waals surface area contributed by atoms with E-state index >= 15 is 0 Å². The van der Waals surface area contributed by atoms with Gasteiger partial charge >= 0.3 is 0 Å². The Morgan fingerprint density at radius 1 is 0.951 bits per heavy atom. The van der Waals surface area contributed by atoms with Gasteiger partial charge in [-0.25, -0.2) is 5.43 Å². The van der Waals surface area contributed by atoms with Crippen molar-refractivity contribution in [2.24, 2.45) is 10.8 Å². The smallest absolute Gasteiger partial charge is 0.262 e. The van der Waals surface area contributed by atoms with Gasteiger partial charge in [0.1, 0.15) is 11.8 Å². The highest BCUT2D eigenvalue weighted by atomic mass is 35.5. The molecule has 0 aliphatic heterocycles. The van der Waals surface area contributed by atoms with Crippen LogP contribution in [0.2, 0.25) is 10.0 Å². The number of hydrogen-bond donors (Lipinski definition) is 3. The zero-order chi connectivity index (χ0) is 29.8. The van der Waals surface area contributed by atoms with Gasteiger partial charge in [0.15, 0.2) is 24.2 Å². The lowest BCUT2D eigenvalue weighted by Crippen LogP contribution is -2.50. The molecule has 3 aromatic carbocycles. The molecule has 0 heterocycles. The number of carbonyl (C=O) groups is 3. The van der Waals surface area contributed by atoms with Crippen molar-refractivity contribution in [3.8, 4) is 17.2 Å². The first-order valence-electron chi connectivity index (χ1n) is 12.6. The maximum Gasteiger partial charge on any atom is 0.262 e. The molecular formula is C29H30Cl2N4O6. The van der Waals surface area contributed by atoms with E-state index in [1.54, 1.807) is 44.2 Å². The number of carbonyl (C=O) groups excluding carboxylic acids is 3. The summed E-state index contributed by atoms with van der Waals surface area (Å²) in [5, 5.41) is 7.46. The van der Waals surface area contributed by atoms with Crippen LogP contribution < -0.4 is 30.7 Å². The number of rotatable bonds is 14. The number of primary amides is 1. The van der Waals surface area contributed by atoms with Crippen molar-refractivity contribution in [1.29, 1.82) is 0 Å².